The van der Waals surface area contributed by atoms with E-state index in [1.54, 1.807) is 0 Å². The van der Waals surface area contributed by atoms with Crippen molar-refractivity contribution in [3.05, 3.63) is 35.4 Å². The van der Waals surface area contributed by atoms with E-state index in [9.17, 15) is 0 Å². The first-order chi connectivity index (χ1) is 7.67. The summed E-state index contributed by atoms with van der Waals surface area (Å²) in [6, 6.07) is 8.58. The lowest BCUT2D eigenvalue weighted by Crippen LogP contribution is -2.23. The second-order valence-electron chi connectivity index (χ2n) is 4.31. The number of hydrogen-bond donors (Lipinski definition) is 1. The molecule has 0 spiro atoms. The number of hydrogen-bond acceptors (Lipinski definition) is 2. The van der Waals surface area contributed by atoms with Crippen LogP contribution in [0.1, 0.15) is 37.5 Å². The fourth-order valence-corrected chi connectivity index (χ4v) is 1.59. The van der Waals surface area contributed by atoms with Gasteiger partial charge >= 0.3 is 0 Å². The molecular weight excluding hydrogens is 198 g/mol. The van der Waals surface area contributed by atoms with E-state index in [0.29, 0.717) is 6.10 Å². The van der Waals surface area contributed by atoms with Crippen molar-refractivity contribution in [1.29, 1.82) is 0 Å². The summed E-state index contributed by atoms with van der Waals surface area (Å²) in [6.07, 6.45) is 1.51. The topological polar surface area (TPSA) is 21.3 Å². The normalized spacial score (nSPS) is 14.8. The average molecular weight is 221 g/mol. The summed E-state index contributed by atoms with van der Waals surface area (Å²) in [6.45, 7) is 7.23. The predicted octanol–water partition coefficient (Wildman–Crippen LogP) is 3.07. The van der Waals surface area contributed by atoms with E-state index in [1.807, 2.05) is 7.05 Å². The summed E-state index contributed by atoms with van der Waals surface area (Å²) in [5.74, 6) is 0. The van der Waals surface area contributed by atoms with Crippen LogP contribution in [0.4, 0.5) is 0 Å². The molecule has 0 saturated heterocycles. The van der Waals surface area contributed by atoms with Crippen LogP contribution >= 0.6 is 0 Å². The van der Waals surface area contributed by atoms with Gasteiger partial charge in [-0.05, 0) is 32.9 Å². The highest BCUT2D eigenvalue weighted by molar-refractivity contribution is 5.23. The Labute approximate surface area is 99.0 Å². The van der Waals surface area contributed by atoms with Crippen molar-refractivity contribution in [3.8, 4) is 0 Å². The van der Waals surface area contributed by atoms with Gasteiger partial charge in [0.25, 0.3) is 0 Å². The molecule has 0 radical (unpaired) electrons. The first-order valence-corrected chi connectivity index (χ1v) is 6.04. The molecule has 2 atom stereocenters. The zero-order valence-corrected chi connectivity index (χ0v) is 10.8. The Balaban J connectivity index is 2.72. The van der Waals surface area contributed by atoms with E-state index < -0.39 is 0 Å². The summed E-state index contributed by atoms with van der Waals surface area (Å²) in [5.41, 5.74) is 2.54. The molecule has 90 valence electrons. The minimum atomic E-state index is 0.153. The van der Waals surface area contributed by atoms with Gasteiger partial charge in [0, 0.05) is 6.54 Å². The van der Waals surface area contributed by atoms with Gasteiger partial charge < -0.3 is 10.1 Å². The van der Waals surface area contributed by atoms with Crippen LogP contribution in [0, 0.1) is 6.92 Å². The van der Waals surface area contributed by atoms with Gasteiger partial charge in [0.05, 0.1) is 12.2 Å². The fraction of sp³-hybridized carbons (Fsp3) is 0.571. The first-order valence-electron chi connectivity index (χ1n) is 6.04. The summed E-state index contributed by atoms with van der Waals surface area (Å²) < 4.78 is 6.00. The van der Waals surface area contributed by atoms with Crippen molar-refractivity contribution in [2.45, 2.75) is 39.4 Å². The number of likely N-dealkylation sites (N-methyl/N-ethyl adjacent to an activating group) is 1. The molecule has 2 heteroatoms. The van der Waals surface area contributed by atoms with E-state index in [0.717, 1.165) is 13.0 Å². The van der Waals surface area contributed by atoms with Gasteiger partial charge in [-0.2, -0.15) is 0 Å². The minimum absolute atomic E-state index is 0.153. The number of aryl methyl sites for hydroxylation is 1. The molecule has 0 aliphatic carbocycles. The highest BCUT2D eigenvalue weighted by atomic mass is 16.5. The third-order valence-corrected chi connectivity index (χ3v) is 2.81. The van der Waals surface area contributed by atoms with Crippen LogP contribution in [-0.4, -0.2) is 19.7 Å². The van der Waals surface area contributed by atoms with E-state index in [-0.39, 0.29) is 6.10 Å². The van der Waals surface area contributed by atoms with Crippen LogP contribution in [0.2, 0.25) is 0 Å². The standard InChI is InChI=1S/C14H23NO/c1-5-12(3)16-14(10-15-4)13-8-6-11(2)7-9-13/h6-9,12,14-15H,5,10H2,1-4H3. The zero-order valence-electron chi connectivity index (χ0n) is 10.8. The van der Waals surface area contributed by atoms with Crippen molar-refractivity contribution in [2.24, 2.45) is 0 Å². The van der Waals surface area contributed by atoms with Crippen LogP contribution in [0.15, 0.2) is 24.3 Å². The van der Waals surface area contributed by atoms with E-state index >= 15 is 0 Å². The number of benzene rings is 1. The van der Waals surface area contributed by atoms with Gasteiger partial charge in [-0.25, -0.2) is 0 Å². The smallest absolute Gasteiger partial charge is 0.0952 e. The van der Waals surface area contributed by atoms with Gasteiger partial charge in [-0.1, -0.05) is 36.8 Å². The summed E-state index contributed by atoms with van der Waals surface area (Å²) in [5, 5.41) is 3.19. The van der Waals surface area contributed by atoms with E-state index in [2.05, 4.69) is 50.4 Å². The van der Waals surface area contributed by atoms with Crippen LogP contribution in [0.25, 0.3) is 0 Å². The molecule has 0 aliphatic rings. The van der Waals surface area contributed by atoms with Crippen molar-refractivity contribution in [2.75, 3.05) is 13.6 Å². The molecule has 0 bridgehead atoms. The lowest BCUT2D eigenvalue weighted by molar-refractivity contribution is -0.00358. The summed E-state index contributed by atoms with van der Waals surface area (Å²) in [7, 11) is 1.96. The maximum Gasteiger partial charge on any atom is 0.0952 e. The minimum Gasteiger partial charge on any atom is -0.369 e. The molecule has 2 nitrogen and oxygen atoms in total. The number of ether oxygens (including phenoxy) is 1. The van der Waals surface area contributed by atoms with Crippen LogP contribution in [0.3, 0.4) is 0 Å². The molecule has 1 rings (SSSR count). The summed E-state index contributed by atoms with van der Waals surface area (Å²) >= 11 is 0. The number of nitrogens with one attached hydrogen (secondary N) is 1. The van der Waals surface area contributed by atoms with Gasteiger partial charge in [-0.15, -0.1) is 0 Å². The quantitative estimate of drug-likeness (QED) is 0.797. The second kappa shape index (κ2) is 6.66. The molecule has 0 aliphatic heterocycles. The maximum absolute atomic E-state index is 6.00. The molecule has 0 amide bonds. The second-order valence-corrected chi connectivity index (χ2v) is 4.31. The van der Waals surface area contributed by atoms with Crippen LogP contribution < -0.4 is 5.32 Å². The third-order valence-electron chi connectivity index (χ3n) is 2.81. The van der Waals surface area contributed by atoms with Crippen LogP contribution in [-0.2, 0) is 4.74 Å². The fourth-order valence-electron chi connectivity index (χ4n) is 1.59. The lowest BCUT2D eigenvalue weighted by Gasteiger charge is -2.22. The molecule has 0 aromatic heterocycles. The number of rotatable bonds is 6. The largest absolute Gasteiger partial charge is 0.369 e. The molecule has 2 unspecified atom stereocenters. The van der Waals surface area contributed by atoms with Gasteiger partial charge in [-0.3, -0.25) is 0 Å². The molecule has 0 heterocycles. The monoisotopic (exact) mass is 221 g/mol. The summed E-state index contributed by atoms with van der Waals surface area (Å²) in [4.78, 5) is 0. The van der Waals surface area contributed by atoms with Gasteiger partial charge in [0.15, 0.2) is 0 Å². The maximum atomic E-state index is 6.00. The Bertz CT molecular complexity index is 294. The highest BCUT2D eigenvalue weighted by Gasteiger charge is 2.13. The molecule has 1 aromatic rings. The molecule has 0 saturated carbocycles. The van der Waals surface area contributed by atoms with Crippen molar-refractivity contribution in [3.63, 3.8) is 0 Å². The third kappa shape index (κ3) is 3.95. The van der Waals surface area contributed by atoms with Crippen molar-refractivity contribution < 1.29 is 4.74 Å². The van der Waals surface area contributed by atoms with Crippen LogP contribution in [0.5, 0.6) is 0 Å². The first kappa shape index (κ1) is 13.2. The average Bonchev–Trinajstić information content (AvgIpc) is 2.29. The zero-order chi connectivity index (χ0) is 12.0. The molecule has 1 N–H and O–H groups in total. The van der Waals surface area contributed by atoms with E-state index in [4.69, 9.17) is 4.74 Å². The van der Waals surface area contributed by atoms with Crippen molar-refractivity contribution in [1.82, 2.24) is 5.32 Å². The molecule has 0 fully saturated rings. The molecule has 16 heavy (non-hydrogen) atoms. The SMILES string of the molecule is CCC(C)OC(CNC)c1ccc(C)cc1. The molecule has 1 aromatic carbocycles. The Kier molecular flexibility index (Phi) is 5.50. The Hall–Kier alpha value is -0.860. The van der Waals surface area contributed by atoms with Gasteiger partial charge in [0.2, 0.25) is 0 Å². The Morgan fingerprint density at radius 2 is 1.88 bits per heavy atom. The Morgan fingerprint density at radius 3 is 2.38 bits per heavy atom. The molecular formula is C14H23NO. The highest BCUT2D eigenvalue weighted by Crippen LogP contribution is 2.19. The predicted molar refractivity (Wildman–Crippen MR) is 68.7 cm³/mol. The van der Waals surface area contributed by atoms with Crippen molar-refractivity contribution >= 4 is 0 Å². The Morgan fingerprint density at radius 1 is 1.25 bits per heavy atom. The van der Waals surface area contributed by atoms with Gasteiger partial charge in [0.1, 0.15) is 0 Å². The van der Waals surface area contributed by atoms with E-state index in [1.165, 1.54) is 11.1 Å². The lowest BCUT2D eigenvalue weighted by atomic mass is 10.1.